The summed E-state index contributed by atoms with van der Waals surface area (Å²) in [4.78, 5) is 34.1. The molecule has 2 aromatic rings. The molecule has 1 aliphatic rings. The lowest BCUT2D eigenvalue weighted by molar-refractivity contribution is 0.0732. The van der Waals surface area contributed by atoms with Gasteiger partial charge < -0.3 is 21.1 Å². The third-order valence-electron chi connectivity index (χ3n) is 4.25. The summed E-state index contributed by atoms with van der Waals surface area (Å²) in [5.74, 6) is 0.967. The van der Waals surface area contributed by atoms with Crippen LogP contribution in [-0.4, -0.2) is 37.3 Å². The number of aromatic amines is 1. The molecule has 9 nitrogen and oxygen atoms in total. The molecule has 0 saturated heterocycles. The summed E-state index contributed by atoms with van der Waals surface area (Å²) in [6.45, 7) is 0.463. The second-order valence-electron chi connectivity index (χ2n) is 6.02. The third-order valence-corrected chi connectivity index (χ3v) is 4.25. The number of nitrogens with two attached hydrogens (primary N) is 1. The normalized spacial score (nSPS) is 19.8. The number of aromatic nitrogens is 4. The Morgan fingerprint density at radius 1 is 1.42 bits per heavy atom. The van der Waals surface area contributed by atoms with Crippen LogP contribution in [0.25, 0.3) is 0 Å². The first-order chi connectivity index (χ1) is 11.4. The third kappa shape index (κ3) is 3.30. The standard InChI is InChI=1S/C15H20N6O3/c1-21-13(23)8(7-18-15(21)24)2-3-17-12-6-11(19-14(16)20-12)9-4-10(22)5-9/h6-7,9-10,22H,2-5H2,1H3,(H,18,24)(H3,16,17,19,20). The van der Waals surface area contributed by atoms with Crippen molar-refractivity contribution in [1.82, 2.24) is 19.5 Å². The molecule has 0 aliphatic heterocycles. The van der Waals surface area contributed by atoms with Gasteiger partial charge in [-0.25, -0.2) is 9.78 Å². The molecule has 5 N–H and O–H groups in total. The molecule has 0 atom stereocenters. The van der Waals surface area contributed by atoms with E-state index in [2.05, 4.69) is 20.3 Å². The largest absolute Gasteiger partial charge is 0.393 e. The van der Waals surface area contributed by atoms with Gasteiger partial charge in [-0.15, -0.1) is 0 Å². The highest BCUT2D eigenvalue weighted by Gasteiger charge is 2.30. The summed E-state index contributed by atoms with van der Waals surface area (Å²) < 4.78 is 1.04. The molecule has 128 valence electrons. The fraction of sp³-hybridized carbons (Fsp3) is 0.467. The van der Waals surface area contributed by atoms with E-state index in [-0.39, 0.29) is 23.5 Å². The van der Waals surface area contributed by atoms with Crippen LogP contribution in [-0.2, 0) is 13.5 Å². The Morgan fingerprint density at radius 2 is 2.17 bits per heavy atom. The highest BCUT2D eigenvalue weighted by atomic mass is 16.3. The zero-order valence-electron chi connectivity index (χ0n) is 13.3. The quantitative estimate of drug-likeness (QED) is 0.570. The van der Waals surface area contributed by atoms with Gasteiger partial charge in [0.1, 0.15) is 5.82 Å². The Labute approximate surface area is 137 Å². The molecule has 0 bridgehead atoms. The van der Waals surface area contributed by atoms with Gasteiger partial charge in [0.05, 0.1) is 11.8 Å². The number of hydrogen-bond acceptors (Lipinski definition) is 7. The van der Waals surface area contributed by atoms with Crippen LogP contribution in [0.4, 0.5) is 11.8 Å². The first kappa shape index (κ1) is 16.2. The molecule has 1 aliphatic carbocycles. The van der Waals surface area contributed by atoms with Crippen molar-refractivity contribution in [3.63, 3.8) is 0 Å². The van der Waals surface area contributed by atoms with E-state index in [0.29, 0.717) is 37.2 Å². The van der Waals surface area contributed by atoms with E-state index < -0.39 is 5.69 Å². The lowest BCUT2D eigenvalue weighted by Gasteiger charge is -2.30. The van der Waals surface area contributed by atoms with Gasteiger partial charge in [-0.3, -0.25) is 9.36 Å². The van der Waals surface area contributed by atoms with Crippen molar-refractivity contribution in [2.75, 3.05) is 17.6 Å². The fourth-order valence-electron chi connectivity index (χ4n) is 2.73. The van der Waals surface area contributed by atoms with E-state index >= 15 is 0 Å². The van der Waals surface area contributed by atoms with Crippen LogP contribution in [0.3, 0.4) is 0 Å². The lowest BCUT2D eigenvalue weighted by Crippen LogP contribution is -2.34. The Hall–Kier alpha value is -2.68. The van der Waals surface area contributed by atoms with E-state index in [0.717, 1.165) is 10.3 Å². The Balaban J connectivity index is 1.66. The van der Waals surface area contributed by atoms with Crippen molar-refractivity contribution in [1.29, 1.82) is 0 Å². The average molecular weight is 332 g/mol. The Bertz CT molecular complexity index is 853. The number of aliphatic hydroxyl groups is 1. The molecule has 0 radical (unpaired) electrons. The summed E-state index contributed by atoms with van der Waals surface area (Å²) in [5.41, 5.74) is 6.31. The van der Waals surface area contributed by atoms with Gasteiger partial charge in [-0.1, -0.05) is 0 Å². The summed E-state index contributed by atoms with van der Waals surface area (Å²) >= 11 is 0. The predicted octanol–water partition coefficient (Wildman–Crippen LogP) is -0.661. The molecule has 2 heterocycles. The molecule has 1 fully saturated rings. The lowest BCUT2D eigenvalue weighted by atomic mass is 9.80. The molecule has 2 aromatic heterocycles. The van der Waals surface area contributed by atoms with Crippen molar-refractivity contribution >= 4 is 11.8 Å². The van der Waals surface area contributed by atoms with Gasteiger partial charge in [0.25, 0.3) is 5.56 Å². The van der Waals surface area contributed by atoms with Crippen molar-refractivity contribution in [3.05, 3.63) is 44.4 Å². The van der Waals surface area contributed by atoms with E-state index in [4.69, 9.17) is 5.73 Å². The highest BCUT2D eigenvalue weighted by Crippen LogP contribution is 2.36. The first-order valence-electron chi connectivity index (χ1n) is 7.78. The van der Waals surface area contributed by atoms with Crippen LogP contribution in [0.2, 0.25) is 0 Å². The SMILES string of the molecule is Cn1c(=O)[nH]cc(CCNc2cc(C3CC(O)C3)nc(N)n2)c1=O. The molecule has 1 saturated carbocycles. The van der Waals surface area contributed by atoms with Crippen molar-refractivity contribution in [2.24, 2.45) is 7.05 Å². The van der Waals surface area contributed by atoms with Gasteiger partial charge in [0.15, 0.2) is 0 Å². The smallest absolute Gasteiger partial charge is 0.328 e. The van der Waals surface area contributed by atoms with Crippen molar-refractivity contribution in [2.45, 2.75) is 31.3 Å². The molecule has 0 aromatic carbocycles. The van der Waals surface area contributed by atoms with Crippen LogP contribution < -0.4 is 22.3 Å². The van der Waals surface area contributed by atoms with Crippen molar-refractivity contribution < 1.29 is 5.11 Å². The maximum atomic E-state index is 12.0. The minimum atomic E-state index is -0.437. The Morgan fingerprint density at radius 3 is 2.88 bits per heavy atom. The second kappa shape index (κ2) is 6.44. The Kier molecular flexibility index (Phi) is 4.34. The number of anilines is 2. The predicted molar refractivity (Wildman–Crippen MR) is 88.9 cm³/mol. The molecular weight excluding hydrogens is 312 g/mol. The minimum absolute atomic E-state index is 0.177. The summed E-state index contributed by atoms with van der Waals surface area (Å²) in [7, 11) is 1.43. The molecule has 0 spiro atoms. The average Bonchev–Trinajstić information content (AvgIpc) is 2.51. The van der Waals surface area contributed by atoms with Crippen LogP contribution in [0.1, 0.15) is 30.0 Å². The van der Waals surface area contributed by atoms with E-state index in [1.807, 2.05) is 6.07 Å². The van der Waals surface area contributed by atoms with Gasteiger partial charge >= 0.3 is 5.69 Å². The van der Waals surface area contributed by atoms with E-state index in [1.54, 1.807) is 0 Å². The maximum Gasteiger partial charge on any atom is 0.328 e. The van der Waals surface area contributed by atoms with Gasteiger partial charge in [0.2, 0.25) is 5.95 Å². The molecule has 0 unspecified atom stereocenters. The maximum absolute atomic E-state index is 12.0. The first-order valence-corrected chi connectivity index (χ1v) is 7.78. The number of rotatable bonds is 5. The fourth-order valence-corrected chi connectivity index (χ4v) is 2.73. The molecule has 9 heteroatoms. The number of aliphatic hydroxyl groups excluding tert-OH is 1. The molecule has 0 amide bonds. The summed E-state index contributed by atoms with van der Waals surface area (Å²) in [6, 6.07) is 1.82. The van der Waals surface area contributed by atoms with Crippen LogP contribution in [0.15, 0.2) is 21.9 Å². The number of hydrogen-bond donors (Lipinski definition) is 4. The number of nitrogens with one attached hydrogen (secondary N) is 2. The minimum Gasteiger partial charge on any atom is -0.393 e. The van der Waals surface area contributed by atoms with Gasteiger partial charge in [-0.05, 0) is 19.3 Å². The summed E-state index contributed by atoms with van der Waals surface area (Å²) in [6.07, 6.45) is 2.97. The number of H-pyrrole nitrogens is 1. The highest BCUT2D eigenvalue weighted by molar-refractivity contribution is 5.42. The zero-order chi connectivity index (χ0) is 17.3. The molecular formula is C15H20N6O3. The molecule has 3 rings (SSSR count). The molecule has 24 heavy (non-hydrogen) atoms. The number of nitrogen functional groups attached to an aromatic ring is 1. The topological polar surface area (TPSA) is 139 Å². The van der Waals surface area contributed by atoms with Crippen molar-refractivity contribution in [3.8, 4) is 0 Å². The van der Waals surface area contributed by atoms with E-state index in [1.165, 1.54) is 13.2 Å². The van der Waals surface area contributed by atoms with Crippen LogP contribution in [0, 0.1) is 0 Å². The second-order valence-corrected chi connectivity index (χ2v) is 6.02. The van der Waals surface area contributed by atoms with Gasteiger partial charge in [0, 0.05) is 37.3 Å². The summed E-state index contributed by atoms with van der Waals surface area (Å²) in [5, 5.41) is 12.5. The number of nitrogens with zero attached hydrogens (tertiary/aromatic N) is 3. The van der Waals surface area contributed by atoms with Crippen LogP contribution in [0.5, 0.6) is 0 Å². The zero-order valence-corrected chi connectivity index (χ0v) is 13.3. The van der Waals surface area contributed by atoms with E-state index in [9.17, 15) is 14.7 Å². The van der Waals surface area contributed by atoms with Gasteiger partial charge in [-0.2, -0.15) is 4.98 Å². The monoisotopic (exact) mass is 332 g/mol. The van der Waals surface area contributed by atoms with Crippen LogP contribution >= 0.6 is 0 Å².